The molecule has 4 N–H and O–H groups in total. The molecule has 112 valence electrons. The molecule has 0 aliphatic heterocycles. The number of halogens is 1. The molecule has 0 bridgehead atoms. The van der Waals surface area contributed by atoms with Crippen LogP contribution in [0.15, 0.2) is 75.3 Å². The normalized spacial score (nSPS) is 11.0. The molecule has 22 heavy (non-hydrogen) atoms. The second-order valence-electron chi connectivity index (χ2n) is 4.49. The molecule has 0 unspecified atom stereocenters. The van der Waals surface area contributed by atoms with Crippen LogP contribution in [0.1, 0.15) is 11.3 Å². The molecule has 0 fully saturated rings. The lowest BCUT2D eigenvalue weighted by atomic mass is 10.1. The van der Waals surface area contributed by atoms with Crippen molar-refractivity contribution in [2.45, 2.75) is 0 Å². The topological polar surface area (TPSA) is 89.9 Å². The summed E-state index contributed by atoms with van der Waals surface area (Å²) >= 11 is 0. The van der Waals surface area contributed by atoms with E-state index in [1.807, 2.05) is 60.7 Å². The lowest BCUT2D eigenvalue weighted by Crippen LogP contribution is -2.22. The van der Waals surface area contributed by atoms with Crippen LogP contribution < -0.4 is 11.5 Å². The molecule has 0 amide bonds. The third kappa shape index (κ3) is 3.27. The smallest absolute Gasteiger partial charge is 0.211 e. The van der Waals surface area contributed by atoms with Gasteiger partial charge in [-0.2, -0.15) is 0 Å². The molecule has 0 radical (unpaired) electrons. The number of para-hydroxylation sites is 1. The summed E-state index contributed by atoms with van der Waals surface area (Å²) in [7, 11) is 0. The zero-order valence-electron chi connectivity index (χ0n) is 11.6. The van der Waals surface area contributed by atoms with Crippen LogP contribution >= 0.6 is 12.4 Å². The SMILES string of the molecule is Cl.NC(N)=N/N=C(/c1ccccc1)c1cc2ccccc2o1. The molecular weight excluding hydrogens is 300 g/mol. The third-order valence-corrected chi connectivity index (χ3v) is 2.97. The first-order valence-corrected chi connectivity index (χ1v) is 6.45. The molecule has 0 spiro atoms. The summed E-state index contributed by atoms with van der Waals surface area (Å²) < 4.78 is 5.84. The zero-order valence-corrected chi connectivity index (χ0v) is 12.5. The second-order valence-corrected chi connectivity index (χ2v) is 4.49. The Morgan fingerprint density at radius 3 is 2.23 bits per heavy atom. The van der Waals surface area contributed by atoms with Gasteiger partial charge in [0, 0.05) is 10.9 Å². The molecule has 0 aliphatic carbocycles. The third-order valence-electron chi connectivity index (χ3n) is 2.97. The first-order valence-electron chi connectivity index (χ1n) is 6.45. The number of hydrogen-bond donors (Lipinski definition) is 2. The number of rotatable bonds is 3. The van der Waals surface area contributed by atoms with Gasteiger partial charge in [-0.25, -0.2) is 0 Å². The first-order chi connectivity index (χ1) is 10.2. The predicted molar refractivity (Wildman–Crippen MR) is 91.4 cm³/mol. The Balaban J connectivity index is 0.00000176. The highest BCUT2D eigenvalue weighted by Crippen LogP contribution is 2.21. The van der Waals surface area contributed by atoms with Crippen molar-refractivity contribution in [1.29, 1.82) is 0 Å². The van der Waals surface area contributed by atoms with E-state index in [0.717, 1.165) is 16.5 Å². The van der Waals surface area contributed by atoms with Gasteiger partial charge in [0.25, 0.3) is 0 Å². The highest BCUT2D eigenvalue weighted by atomic mass is 35.5. The largest absolute Gasteiger partial charge is 0.454 e. The van der Waals surface area contributed by atoms with Gasteiger partial charge in [-0.1, -0.05) is 48.5 Å². The van der Waals surface area contributed by atoms with Gasteiger partial charge < -0.3 is 15.9 Å². The van der Waals surface area contributed by atoms with Gasteiger partial charge in [0.05, 0.1) is 0 Å². The summed E-state index contributed by atoms with van der Waals surface area (Å²) in [6.45, 7) is 0. The molecular formula is C16H15ClN4O. The van der Waals surface area contributed by atoms with Crippen molar-refractivity contribution in [1.82, 2.24) is 0 Å². The summed E-state index contributed by atoms with van der Waals surface area (Å²) in [6.07, 6.45) is 0. The molecule has 2 aromatic carbocycles. The van der Waals surface area contributed by atoms with Crippen LogP contribution in [0, 0.1) is 0 Å². The number of fused-ring (bicyclic) bond motifs is 1. The number of furan rings is 1. The van der Waals surface area contributed by atoms with Crippen molar-refractivity contribution < 1.29 is 4.42 Å². The number of nitrogens with zero attached hydrogens (tertiary/aromatic N) is 2. The average molecular weight is 315 g/mol. The molecule has 0 aliphatic rings. The number of guanidine groups is 1. The molecule has 6 heteroatoms. The molecule has 0 saturated heterocycles. The maximum absolute atomic E-state index is 5.84. The summed E-state index contributed by atoms with van der Waals surface area (Å²) in [5, 5.41) is 8.87. The van der Waals surface area contributed by atoms with E-state index in [2.05, 4.69) is 10.2 Å². The minimum absolute atomic E-state index is 0. The van der Waals surface area contributed by atoms with Crippen molar-refractivity contribution >= 4 is 35.0 Å². The highest BCUT2D eigenvalue weighted by molar-refractivity contribution is 6.12. The van der Waals surface area contributed by atoms with Gasteiger partial charge in [0.1, 0.15) is 11.3 Å². The average Bonchev–Trinajstić information content (AvgIpc) is 2.92. The first kappa shape index (κ1) is 15.6. The Bertz CT molecular complexity index is 787. The van der Waals surface area contributed by atoms with Crippen LogP contribution in [0.4, 0.5) is 0 Å². The Morgan fingerprint density at radius 1 is 0.864 bits per heavy atom. The summed E-state index contributed by atoms with van der Waals surface area (Å²) in [5.41, 5.74) is 13.0. The van der Waals surface area contributed by atoms with Crippen LogP contribution in [0.5, 0.6) is 0 Å². The summed E-state index contributed by atoms with van der Waals surface area (Å²) in [6, 6.07) is 19.3. The number of nitrogens with two attached hydrogens (primary N) is 2. The molecule has 1 aromatic heterocycles. The number of hydrogen-bond acceptors (Lipinski definition) is 3. The lowest BCUT2D eigenvalue weighted by Gasteiger charge is -2.01. The number of benzene rings is 2. The van der Waals surface area contributed by atoms with E-state index < -0.39 is 0 Å². The standard InChI is InChI=1S/C16H14N4O.ClH/c17-16(18)20-19-15(11-6-2-1-3-7-11)14-10-12-8-4-5-9-13(12)21-14;/h1-10H,(H4,17,18,20);1H/b19-15-;. The monoisotopic (exact) mass is 314 g/mol. The minimum Gasteiger partial charge on any atom is -0.454 e. The fourth-order valence-electron chi connectivity index (χ4n) is 2.05. The van der Waals surface area contributed by atoms with Crippen LogP contribution in [0.3, 0.4) is 0 Å². The van der Waals surface area contributed by atoms with Gasteiger partial charge in [-0.3, -0.25) is 0 Å². The van der Waals surface area contributed by atoms with Crippen molar-refractivity contribution in [2.24, 2.45) is 21.7 Å². The van der Waals surface area contributed by atoms with E-state index in [9.17, 15) is 0 Å². The van der Waals surface area contributed by atoms with E-state index in [1.54, 1.807) is 0 Å². The van der Waals surface area contributed by atoms with Crippen LogP contribution in [-0.4, -0.2) is 11.7 Å². The second kappa shape index (κ2) is 6.78. The Kier molecular flexibility index (Phi) is 4.80. The van der Waals surface area contributed by atoms with E-state index in [4.69, 9.17) is 15.9 Å². The Morgan fingerprint density at radius 2 is 1.55 bits per heavy atom. The van der Waals surface area contributed by atoms with Gasteiger partial charge in [-0.05, 0) is 12.1 Å². The molecule has 3 rings (SSSR count). The van der Waals surface area contributed by atoms with Gasteiger partial charge in [-0.15, -0.1) is 22.6 Å². The lowest BCUT2D eigenvalue weighted by molar-refractivity contribution is 0.605. The quantitative estimate of drug-likeness (QED) is 0.442. The van der Waals surface area contributed by atoms with E-state index in [-0.39, 0.29) is 18.4 Å². The fraction of sp³-hybridized carbons (Fsp3) is 0. The van der Waals surface area contributed by atoms with Crippen LogP contribution in [-0.2, 0) is 0 Å². The zero-order chi connectivity index (χ0) is 14.7. The van der Waals surface area contributed by atoms with E-state index in [1.165, 1.54) is 0 Å². The highest BCUT2D eigenvalue weighted by Gasteiger charge is 2.12. The van der Waals surface area contributed by atoms with Crippen molar-refractivity contribution in [3.8, 4) is 0 Å². The minimum atomic E-state index is -0.0976. The van der Waals surface area contributed by atoms with Crippen molar-refractivity contribution in [3.63, 3.8) is 0 Å². The van der Waals surface area contributed by atoms with Gasteiger partial charge >= 0.3 is 0 Å². The summed E-state index contributed by atoms with van der Waals surface area (Å²) in [4.78, 5) is 0. The predicted octanol–water partition coefficient (Wildman–Crippen LogP) is 2.88. The van der Waals surface area contributed by atoms with Crippen LogP contribution in [0.2, 0.25) is 0 Å². The van der Waals surface area contributed by atoms with E-state index in [0.29, 0.717) is 11.5 Å². The molecule has 0 saturated carbocycles. The molecule has 5 nitrogen and oxygen atoms in total. The van der Waals surface area contributed by atoms with Crippen LogP contribution in [0.25, 0.3) is 11.0 Å². The Hall–Kier alpha value is -2.79. The molecule has 1 heterocycles. The molecule has 3 aromatic rings. The van der Waals surface area contributed by atoms with Crippen molar-refractivity contribution in [3.05, 3.63) is 72.0 Å². The van der Waals surface area contributed by atoms with Gasteiger partial charge in [0.2, 0.25) is 5.96 Å². The molecule has 0 atom stereocenters. The maximum Gasteiger partial charge on any atom is 0.211 e. The van der Waals surface area contributed by atoms with E-state index >= 15 is 0 Å². The maximum atomic E-state index is 5.84. The summed E-state index contributed by atoms with van der Waals surface area (Å²) in [5.74, 6) is 0.520. The fourth-order valence-corrected chi connectivity index (χ4v) is 2.05. The van der Waals surface area contributed by atoms with Crippen molar-refractivity contribution in [2.75, 3.05) is 0 Å². The van der Waals surface area contributed by atoms with Gasteiger partial charge in [0.15, 0.2) is 5.76 Å². The Labute approximate surface area is 133 Å².